The largest absolute Gasteiger partial charge is 0.807 e. The van der Waals surface area contributed by atoms with E-state index in [2.05, 4.69) is 135 Å². The predicted octanol–water partition coefficient (Wildman–Crippen LogP) is 6.20. The predicted molar refractivity (Wildman–Crippen MR) is 171 cm³/mol. The number of benzene rings is 4. The van der Waals surface area contributed by atoms with Crippen LogP contribution >= 0.6 is 39.5 Å². The SMILES string of the molecule is C[N+](C)(C)Cc1ccccc1.C[N+](C)(C)Cc1ccccc1.O=P([O-])([O-])c1ccc(-c2cc(Br)ccc2Br)cc1. The van der Waals surface area contributed by atoms with E-state index < -0.39 is 7.60 Å². The first-order valence-electron chi connectivity index (χ1n) is 12.8. The molecule has 0 spiro atoms. The van der Waals surface area contributed by atoms with Crippen molar-refractivity contribution < 1.29 is 23.3 Å². The van der Waals surface area contributed by atoms with Crippen molar-refractivity contribution in [3.05, 3.63) is 123 Å². The third-order valence-corrected chi connectivity index (χ3v) is 7.54. The van der Waals surface area contributed by atoms with Gasteiger partial charge >= 0.3 is 0 Å². The van der Waals surface area contributed by atoms with Crippen LogP contribution in [0.15, 0.2) is 112 Å². The summed E-state index contributed by atoms with van der Waals surface area (Å²) in [6.07, 6.45) is 0. The number of hydrogen-bond acceptors (Lipinski definition) is 3. The molecule has 214 valence electrons. The van der Waals surface area contributed by atoms with E-state index in [0.717, 1.165) is 42.1 Å². The van der Waals surface area contributed by atoms with Crippen molar-refractivity contribution >= 4 is 44.8 Å². The van der Waals surface area contributed by atoms with Crippen molar-refractivity contribution in [3.63, 3.8) is 0 Å². The Morgan fingerprint density at radius 1 is 0.625 bits per heavy atom. The van der Waals surface area contributed by atoms with Crippen molar-refractivity contribution in [1.82, 2.24) is 0 Å². The van der Waals surface area contributed by atoms with Gasteiger partial charge in [-0.25, -0.2) is 0 Å². The minimum Gasteiger partial charge on any atom is -0.807 e. The monoisotopic (exact) mass is 688 g/mol. The van der Waals surface area contributed by atoms with E-state index in [9.17, 15) is 14.4 Å². The van der Waals surface area contributed by atoms with Gasteiger partial charge in [-0.3, -0.25) is 0 Å². The molecule has 0 saturated carbocycles. The summed E-state index contributed by atoms with van der Waals surface area (Å²) < 4.78 is 14.7. The second-order valence-electron chi connectivity index (χ2n) is 11.5. The van der Waals surface area contributed by atoms with Crippen molar-refractivity contribution in [2.45, 2.75) is 13.1 Å². The van der Waals surface area contributed by atoms with Crippen LogP contribution < -0.4 is 15.1 Å². The van der Waals surface area contributed by atoms with E-state index in [4.69, 9.17) is 0 Å². The Balaban J connectivity index is 0.000000222. The summed E-state index contributed by atoms with van der Waals surface area (Å²) in [6.45, 7) is 2.20. The molecule has 0 atom stereocenters. The quantitative estimate of drug-likeness (QED) is 0.179. The highest BCUT2D eigenvalue weighted by molar-refractivity contribution is 9.11. The van der Waals surface area contributed by atoms with Gasteiger partial charge in [-0.15, -0.1) is 0 Å². The zero-order valence-corrected chi connectivity index (χ0v) is 28.1. The normalized spacial score (nSPS) is 11.6. The van der Waals surface area contributed by atoms with Crippen LogP contribution in [-0.4, -0.2) is 51.3 Å². The molecule has 4 aromatic carbocycles. The third kappa shape index (κ3) is 13.5. The molecule has 4 aromatic rings. The Bertz CT molecular complexity index is 1310. The molecule has 0 aromatic heterocycles. The lowest BCUT2D eigenvalue weighted by atomic mass is 10.1. The molecular weight excluding hydrogens is 651 g/mol. The van der Waals surface area contributed by atoms with Gasteiger partial charge in [0.25, 0.3) is 0 Å². The second kappa shape index (κ2) is 15.2. The topological polar surface area (TPSA) is 63.2 Å². The molecule has 0 unspecified atom stereocenters. The average molecular weight is 690 g/mol. The van der Waals surface area contributed by atoms with E-state index in [0.29, 0.717) is 0 Å². The van der Waals surface area contributed by atoms with Crippen molar-refractivity contribution in [3.8, 4) is 11.1 Å². The molecule has 40 heavy (non-hydrogen) atoms. The smallest absolute Gasteiger partial charge is 0.104 e. The average Bonchev–Trinajstić information content (AvgIpc) is 2.85. The van der Waals surface area contributed by atoms with E-state index in [-0.39, 0.29) is 5.30 Å². The molecule has 0 heterocycles. The van der Waals surface area contributed by atoms with Gasteiger partial charge in [0, 0.05) is 20.1 Å². The number of nitrogens with zero attached hydrogens (tertiary/aromatic N) is 2. The summed E-state index contributed by atoms with van der Waals surface area (Å²) >= 11 is 6.80. The van der Waals surface area contributed by atoms with Crippen molar-refractivity contribution in [2.75, 3.05) is 42.3 Å². The van der Waals surface area contributed by atoms with Crippen LogP contribution in [0.25, 0.3) is 11.1 Å². The number of hydrogen-bond donors (Lipinski definition) is 0. The molecule has 5 nitrogen and oxygen atoms in total. The van der Waals surface area contributed by atoms with Gasteiger partial charge in [0.05, 0.1) is 42.3 Å². The minimum absolute atomic E-state index is 0.197. The molecule has 0 radical (unpaired) electrons. The summed E-state index contributed by atoms with van der Waals surface area (Å²) in [7, 11) is 8.54. The van der Waals surface area contributed by atoms with Gasteiger partial charge in [-0.05, 0) is 42.2 Å². The van der Waals surface area contributed by atoms with Crippen LogP contribution in [0.4, 0.5) is 0 Å². The molecule has 0 aliphatic rings. The summed E-state index contributed by atoms with van der Waals surface area (Å²) in [5.74, 6) is 0. The van der Waals surface area contributed by atoms with Crippen LogP contribution in [0, 0.1) is 0 Å². The maximum atomic E-state index is 10.9. The van der Waals surface area contributed by atoms with Crippen LogP contribution in [-0.2, 0) is 17.7 Å². The van der Waals surface area contributed by atoms with Gasteiger partial charge in [0.15, 0.2) is 0 Å². The molecule has 0 N–H and O–H groups in total. The lowest BCUT2D eigenvalue weighted by molar-refractivity contribution is -0.884. The van der Waals surface area contributed by atoms with E-state index in [1.807, 2.05) is 18.2 Å². The van der Waals surface area contributed by atoms with Crippen LogP contribution in [0.1, 0.15) is 11.1 Å². The zero-order valence-electron chi connectivity index (χ0n) is 24.1. The summed E-state index contributed by atoms with van der Waals surface area (Å²) in [4.78, 5) is 21.7. The van der Waals surface area contributed by atoms with Gasteiger partial charge in [0.2, 0.25) is 0 Å². The first kappa shape index (κ1) is 34.1. The van der Waals surface area contributed by atoms with E-state index in [1.54, 1.807) is 12.1 Å². The molecular formula is C32H39Br2N2O3P. The summed E-state index contributed by atoms with van der Waals surface area (Å²) in [5, 5.41) is -0.197. The Morgan fingerprint density at radius 3 is 1.43 bits per heavy atom. The Labute approximate surface area is 256 Å². The molecule has 0 aliphatic carbocycles. The van der Waals surface area contributed by atoms with E-state index >= 15 is 0 Å². The van der Waals surface area contributed by atoms with Crippen LogP contribution in [0.2, 0.25) is 0 Å². The van der Waals surface area contributed by atoms with Gasteiger partial charge < -0.3 is 23.3 Å². The molecule has 0 fully saturated rings. The number of quaternary nitrogens is 2. The highest BCUT2D eigenvalue weighted by Crippen LogP contribution is 2.32. The second-order valence-corrected chi connectivity index (χ2v) is 14.8. The fourth-order valence-electron chi connectivity index (χ4n) is 3.80. The Kier molecular flexibility index (Phi) is 13.0. The fraction of sp³-hybridized carbons (Fsp3) is 0.250. The molecule has 0 amide bonds. The molecule has 8 heteroatoms. The van der Waals surface area contributed by atoms with Crippen molar-refractivity contribution in [2.24, 2.45) is 0 Å². The van der Waals surface area contributed by atoms with Gasteiger partial charge in [-0.2, -0.15) is 0 Å². The number of rotatable bonds is 6. The molecule has 0 saturated heterocycles. The highest BCUT2D eigenvalue weighted by Gasteiger charge is 2.08. The first-order chi connectivity index (χ1) is 18.5. The summed E-state index contributed by atoms with van der Waals surface area (Å²) in [6, 6.07) is 32.7. The summed E-state index contributed by atoms with van der Waals surface area (Å²) in [5.41, 5.74) is 4.56. The first-order valence-corrected chi connectivity index (χ1v) is 15.9. The lowest BCUT2D eigenvalue weighted by Gasteiger charge is -2.29. The lowest BCUT2D eigenvalue weighted by Crippen LogP contribution is -2.33. The minimum atomic E-state index is -4.67. The highest BCUT2D eigenvalue weighted by atomic mass is 79.9. The van der Waals surface area contributed by atoms with E-state index in [1.165, 1.54) is 23.3 Å². The van der Waals surface area contributed by atoms with Crippen LogP contribution in [0.3, 0.4) is 0 Å². The maximum absolute atomic E-state index is 10.9. The zero-order chi connectivity index (χ0) is 30.0. The Morgan fingerprint density at radius 2 is 1.05 bits per heavy atom. The fourth-order valence-corrected chi connectivity index (χ4v) is 5.16. The molecule has 4 rings (SSSR count). The van der Waals surface area contributed by atoms with Crippen molar-refractivity contribution in [1.29, 1.82) is 0 Å². The van der Waals surface area contributed by atoms with Gasteiger partial charge in [0.1, 0.15) is 13.1 Å². The van der Waals surface area contributed by atoms with Gasteiger partial charge in [-0.1, -0.05) is 117 Å². The third-order valence-electron chi connectivity index (χ3n) is 5.42. The molecule has 0 aliphatic heterocycles. The standard InChI is InChI=1S/C12H9Br2O3P.2C10H16N/c13-9-3-6-12(14)11(7-9)8-1-4-10(5-2-8)18(15,16)17;2*1-11(2,3)9-10-7-5-4-6-8-10/h1-7H,(H2,15,16,17);2*4-8H,9H2,1-3H3/q;2*+1/p-2. The van der Waals surface area contributed by atoms with Crippen LogP contribution in [0.5, 0.6) is 0 Å². The molecule has 0 bridgehead atoms. The number of halogens is 2. The maximum Gasteiger partial charge on any atom is 0.104 e. The Hall–Kier alpha value is -2.09.